The molecule has 0 amide bonds. The molecule has 0 saturated carbocycles. The fourth-order valence-corrected chi connectivity index (χ4v) is 2.13. The highest BCUT2D eigenvalue weighted by molar-refractivity contribution is 6.33. The molecule has 2 aromatic carbocycles. The van der Waals surface area contributed by atoms with E-state index < -0.39 is 16.9 Å². The van der Waals surface area contributed by atoms with E-state index in [0.717, 1.165) is 18.2 Å². The van der Waals surface area contributed by atoms with Crippen LogP contribution in [0.2, 0.25) is 5.02 Å². The molecule has 0 radical (unpaired) electrons. The average molecular weight is 322 g/mol. The summed E-state index contributed by atoms with van der Waals surface area (Å²) >= 11 is 5.76. The lowest BCUT2D eigenvalue weighted by Gasteiger charge is -2.08. The highest BCUT2D eigenvalue weighted by Crippen LogP contribution is 2.31. The normalized spacial score (nSPS) is 10.2. The van der Waals surface area contributed by atoms with Crippen molar-refractivity contribution in [1.29, 1.82) is 0 Å². The number of carboxylic acid groups (broad SMARTS) is 2. The zero-order chi connectivity index (χ0) is 16.4. The van der Waals surface area contributed by atoms with Gasteiger partial charge in [0.15, 0.2) is 0 Å². The number of carboxylic acids is 2. The smallest absolute Gasteiger partial charge is 0.337 e. The Hall–Kier alpha value is -2.93. The van der Waals surface area contributed by atoms with Crippen molar-refractivity contribution in [3.8, 4) is 11.1 Å². The van der Waals surface area contributed by atoms with Crippen molar-refractivity contribution in [2.45, 2.75) is 0 Å². The molecular formula is C14H8ClNO6. The lowest BCUT2D eigenvalue weighted by atomic mass is 9.97. The van der Waals surface area contributed by atoms with Gasteiger partial charge >= 0.3 is 11.9 Å². The Morgan fingerprint density at radius 1 is 1.00 bits per heavy atom. The summed E-state index contributed by atoms with van der Waals surface area (Å²) in [5.74, 6) is -2.56. The van der Waals surface area contributed by atoms with Crippen molar-refractivity contribution in [2.75, 3.05) is 0 Å². The standard InChI is InChI=1S/C14H8ClNO6/c15-12-4-1-7(5-11(12)14(19)20)10-6-8(16(21)22)2-3-9(10)13(17)18/h1-6H,(H,17,18)(H,19,20). The Balaban J connectivity index is 2.72. The summed E-state index contributed by atoms with van der Waals surface area (Å²) in [7, 11) is 0. The monoisotopic (exact) mass is 321 g/mol. The summed E-state index contributed by atoms with van der Waals surface area (Å²) in [5, 5.41) is 29.0. The van der Waals surface area contributed by atoms with Gasteiger partial charge < -0.3 is 10.2 Å². The molecule has 2 N–H and O–H groups in total. The first-order chi connectivity index (χ1) is 10.3. The predicted octanol–water partition coefficient (Wildman–Crippen LogP) is 3.31. The van der Waals surface area contributed by atoms with Gasteiger partial charge in [0, 0.05) is 17.7 Å². The maximum atomic E-state index is 11.2. The number of hydrogen-bond acceptors (Lipinski definition) is 4. The van der Waals surface area contributed by atoms with E-state index in [9.17, 15) is 24.8 Å². The van der Waals surface area contributed by atoms with Crippen molar-refractivity contribution in [1.82, 2.24) is 0 Å². The van der Waals surface area contributed by atoms with Crippen LogP contribution in [-0.2, 0) is 0 Å². The van der Waals surface area contributed by atoms with Crippen LogP contribution < -0.4 is 0 Å². The summed E-state index contributed by atoms with van der Waals surface area (Å²) in [5.41, 5.74) is -0.443. The van der Waals surface area contributed by atoms with Gasteiger partial charge in [-0.2, -0.15) is 0 Å². The highest BCUT2D eigenvalue weighted by atomic mass is 35.5. The van der Waals surface area contributed by atoms with Crippen LogP contribution in [0.3, 0.4) is 0 Å². The highest BCUT2D eigenvalue weighted by Gasteiger charge is 2.18. The number of hydrogen-bond donors (Lipinski definition) is 2. The van der Waals surface area contributed by atoms with Crippen LogP contribution >= 0.6 is 11.6 Å². The number of carbonyl (C=O) groups is 2. The molecule has 0 aliphatic carbocycles. The SMILES string of the molecule is O=C(O)c1cc(-c2cc([N+](=O)[O-])ccc2C(=O)O)ccc1Cl. The van der Waals surface area contributed by atoms with E-state index in [1.807, 2.05) is 0 Å². The molecule has 0 unspecified atom stereocenters. The molecule has 0 fully saturated rings. The molecule has 0 heterocycles. The fourth-order valence-electron chi connectivity index (χ4n) is 1.93. The largest absolute Gasteiger partial charge is 0.478 e. The van der Waals surface area contributed by atoms with Gasteiger partial charge in [0.25, 0.3) is 5.69 Å². The minimum atomic E-state index is -1.28. The van der Waals surface area contributed by atoms with Crippen molar-refractivity contribution in [3.05, 3.63) is 62.7 Å². The number of nitro benzene ring substituents is 1. The molecule has 0 saturated heterocycles. The van der Waals surface area contributed by atoms with Crippen LogP contribution in [0.5, 0.6) is 0 Å². The van der Waals surface area contributed by atoms with Crippen molar-refractivity contribution in [3.63, 3.8) is 0 Å². The van der Waals surface area contributed by atoms with Gasteiger partial charge in [-0.3, -0.25) is 10.1 Å². The first-order valence-electron chi connectivity index (χ1n) is 5.86. The van der Waals surface area contributed by atoms with E-state index in [-0.39, 0.29) is 33.0 Å². The van der Waals surface area contributed by atoms with E-state index in [2.05, 4.69) is 0 Å². The Kier molecular flexibility index (Phi) is 4.09. The Labute approximate surface area is 128 Å². The molecule has 7 nitrogen and oxygen atoms in total. The molecule has 22 heavy (non-hydrogen) atoms. The van der Waals surface area contributed by atoms with E-state index in [1.165, 1.54) is 18.2 Å². The second kappa shape index (κ2) is 5.82. The Morgan fingerprint density at radius 3 is 2.18 bits per heavy atom. The third-order valence-electron chi connectivity index (χ3n) is 2.95. The average Bonchev–Trinajstić information content (AvgIpc) is 2.46. The zero-order valence-corrected chi connectivity index (χ0v) is 11.6. The van der Waals surface area contributed by atoms with E-state index in [0.29, 0.717) is 0 Å². The van der Waals surface area contributed by atoms with Crippen LogP contribution in [-0.4, -0.2) is 27.1 Å². The summed E-state index contributed by atoms with van der Waals surface area (Å²) in [6.07, 6.45) is 0. The summed E-state index contributed by atoms with van der Waals surface area (Å²) in [6, 6.07) is 7.13. The molecular weight excluding hydrogens is 314 g/mol. The van der Waals surface area contributed by atoms with Gasteiger partial charge in [0.1, 0.15) is 0 Å². The third kappa shape index (κ3) is 2.89. The lowest BCUT2D eigenvalue weighted by Crippen LogP contribution is -2.02. The molecule has 2 aromatic rings. The van der Waals surface area contributed by atoms with Gasteiger partial charge in [-0.1, -0.05) is 17.7 Å². The first-order valence-corrected chi connectivity index (χ1v) is 6.24. The summed E-state index contributed by atoms with van der Waals surface area (Å²) < 4.78 is 0. The summed E-state index contributed by atoms with van der Waals surface area (Å²) in [6.45, 7) is 0. The second-order valence-corrected chi connectivity index (χ2v) is 4.70. The summed E-state index contributed by atoms with van der Waals surface area (Å²) in [4.78, 5) is 32.5. The van der Waals surface area contributed by atoms with Gasteiger partial charge in [-0.25, -0.2) is 9.59 Å². The van der Waals surface area contributed by atoms with E-state index in [1.54, 1.807) is 0 Å². The molecule has 0 aliphatic heterocycles. The van der Waals surface area contributed by atoms with Crippen LogP contribution in [0, 0.1) is 10.1 Å². The second-order valence-electron chi connectivity index (χ2n) is 4.29. The molecule has 112 valence electrons. The van der Waals surface area contributed by atoms with Gasteiger partial charge in [0.2, 0.25) is 0 Å². The quantitative estimate of drug-likeness (QED) is 0.658. The van der Waals surface area contributed by atoms with Gasteiger partial charge in [-0.15, -0.1) is 0 Å². The van der Waals surface area contributed by atoms with Crippen LogP contribution in [0.25, 0.3) is 11.1 Å². The minimum Gasteiger partial charge on any atom is -0.478 e. The topological polar surface area (TPSA) is 118 Å². The van der Waals surface area contributed by atoms with Crippen molar-refractivity contribution < 1.29 is 24.7 Å². The van der Waals surface area contributed by atoms with Gasteiger partial charge in [-0.05, 0) is 23.8 Å². The molecule has 0 aliphatic rings. The molecule has 0 bridgehead atoms. The van der Waals surface area contributed by atoms with Crippen LogP contribution in [0.1, 0.15) is 20.7 Å². The van der Waals surface area contributed by atoms with Crippen LogP contribution in [0.15, 0.2) is 36.4 Å². The molecule has 8 heteroatoms. The van der Waals surface area contributed by atoms with Crippen LogP contribution in [0.4, 0.5) is 5.69 Å². The van der Waals surface area contributed by atoms with Crippen molar-refractivity contribution >= 4 is 29.2 Å². The van der Waals surface area contributed by atoms with E-state index >= 15 is 0 Å². The Bertz CT molecular complexity index is 802. The number of non-ortho nitro benzene ring substituents is 1. The predicted molar refractivity (Wildman–Crippen MR) is 77.5 cm³/mol. The Morgan fingerprint density at radius 2 is 1.64 bits per heavy atom. The number of nitrogens with zero attached hydrogens (tertiary/aromatic N) is 1. The molecule has 2 rings (SSSR count). The number of nitro groups is 1. The maximum Gasteiger partial charge on any atom is 0.337 e. The number of benzene rings is 2. The number of rotatable bonds is 4. The first kappa shape index (κ1) is 15.5. The number of aromatic carboxylic acids is 2. The molecule has 0 spiro atoms. The number of halogens is 1. The minimum absolute atomic E-state index is 0.0152. The molecule has 0 aromatic heterocycles. The maximum absolute atomic E-state index is 11.2. The van der Waals surface area contributed by atoms with Gasteiger partial charge in [0.05, 0.1) is 21.1 Å². The lowest BCUT2D eigenvalue weighted by molar-refractivity contribution is -0.384. The van der Waals surface area contributed by atoms with Crippen molar-refractivity contribution in [2.24, 2.45) is 0 Å². The van der Waals surface area contributed by atoms with E-state index in [4.69, 9.17) is 16.7 Å². The fraction of sp³-hybridized carbons (Fsp3) is 0. The zero-order valence-electron chi connectivity index (χ0n) is 10.8. The third-order valence-corrected chi connectivity index (χ3v) is 3.28. The molecule has 0 atom stereocenters.